The number of halogens is 1. The third kappa shape index (κ3) is 7.64. The van der Waals surface area contributed by atoms with Gasteiger partial charge in [0.1, 0.15) is 12.4 Å². The van der Waals surface area contributed by atoms with Gasteiger partial charge in [-0.3, -0.25) is 0 Å². The van der Waals surface area contributed by atoms with E-state index < -0.39 is 0 Å². The smallest absolute Gasteiger partial charge is 0.191 e. The van der Waals surface area contributed by atoms with Crippen LogP contribution in [-0.2, 0) is 18.3 Å². The standard InChI is InChI=1S/C22H35N7O.HI/c1-17-8-10-20(11-9-17)29-13-5-7-19(16-29)25-22(23-12-6-14-30-4)24-15-21-27-26-18(2)28(21)3;/h8-11,19H,5-7,12-16H2,1-4H3,(H2,23,24,25);1H. The zero-order valence-corrected chi connectivity index (χ0v) is 21.4. The molecule has 8 nitrogen and oxygen atoms in total. The van der Waals surface area contributed by atoms with Crippen molar-refractivity contribution in [2.24, 2.45) is 12.0 Å². The summed E-state index contributed by atoms with van der Waals surface area (Å²) < 4.78 is 7.14. The second kappa shape index (κ2) is 12.8. The van der Waals surface area contributed by atoms with Crippen molar-refractivity contribution >= 4 is 35.6 Å². The third-order valence-corrected chi connectivity index (χ3v) is 5.54. The number of aromatic nitrogens is 3. The molecule has 1 saturated heterocycles. The molecule has 0 spiro atoms. The predicted octanol–water partition coefficient (Wildman–Crippen LogP) is 2.79. The van der Waals surface area contributed by atoms with E-state index in [2.05, 4.69) is 56.9 Å². The zero-order valence-electron chi connectivity index (χ0n) is 19.1. The Bertz CT molecular complexity index is 822. The SMILES string of the molecule is COCCCNC(=NCc1nnc(C)n1C)NC1CCCN(c2ccc(C)cc2)C1.I. The molecule has 2 heterocycles. The number of aryl methyl sites for hydroxylation is 2. The Labute approximate surface area is 202 Å². The molecule has 0 amide bonds. The first kappa shape index (κ1) is 25.4. The molecule has 1 aliphatic heterocycles. The molecule has 0 radical (unpaired) electrons. The van der Waals surface area contributed by atoms with Gasteiger partial charge in [0.25, 0.3) is 0 Å². The molecular weight excluding hydrogens is 505 g/mol. The van der Waals surface area contributed by atoms with E-state index in [9.17, 15) is 0 Å². The van der Waals surface area contributed by atoms with E-state index in [1.807, 2.05) is 18.5 Å². The maximum Gasteiger partial charge on any atom is 0.191 e. The Morgan fingerprint density at radius 2 is 2.00 bits per heavy atom. The summed E-state index contributed by atoms with van der Waals surface area (Å²) in [5, 5.41) is 15.4. The number of guanidine groups is 1. The van der Waals surface area contributed by atoms with Gasteiger partial charge in [-0.05, 0) is 45.2 Å². The van der Waals surface area contributed by atoms with Crippen LogP contribution in [0, 0.1) is 13.8 Å². The first-order valence-corrected chi connectivity index (χ1v) is 10.8. The van der Waals surface area contributed by atoms with E-state index in [0.717, 1.165) is 63.1 Å². The number of ether oxygens (including phenoxy) is 1. The number of methoxy groups -OCH3 is 1. The molecule has 1 aromatic heterocycles. The van der Waals surface area contributed by atoms with Crippen LogP contribution in [0.3, 0.4) is 0 Å². The van der Waals surface area contributed by atoms with E-state index in [1.54, 1.807) is 7.11 Å². The minimum absolute atomic E-state index is 0. The molecule has 0 aliphatic carbocycles. The highest BCUT2D eigenvalue weighted by atomic mass is 127. The fraction of sp³-hybridized carbons (Fsp3) is 0.591. The van der Waals surface area contributed by atoms with Crippen LogP contribution in [0.25, 0.3) is 0 Å². The summed E-state index contributed by atoms with van der Waals surface area (Å²) in [4.78, 5) is 7.23. The van der Waals surface area contributed by atoms with Crippen molar-refractivity contribution in [2.75, 3.05) is 38.3 Å². The second-order valence-corrected chi connectivity index (χ2v) is 7.93. The largest absolute Gasteiger partial charge is 0.385 e. The van der Waals surface area contributed by atoms with Gasteiger partial charge in [0.15, 0.2) is 11.8 Å². The summed E-state index contributed by atoms with van der Waals surface area (Å²) in [6.07, 6.45) is 3.22. The number of rotatable bonds is 8. The van der Waals surface area contributed by atoms with Crippen LogP contribution in [-0.4, -0.2) is 60.1 Å². The van der Waals surface area contributed by atoms with E-state index in [-0.39, 0.29) is 24.0 Å². The van der Waals surface area contributed by atoms with Gasteiger partial charge in [-0.15, -0.1) is 34.2 Å². The maximum absolute atomic E-state index is 5.16. The highest BCUT2D eigenvalue weighted by molar-refractivity contribution is 14.0. The summed E-state index contributed by atoms with van der Waals surface area (Å²) in [6, 6.07) is 9.13. The Balaban J connectivity index is 0.00000341. The molecule has 0 bridgehead atoms. The number of piperidine rings is 1. The molecule has 1 aliphatic rings. The number of benzene rings is 1. The average molecular weight is 541 g/mol. The highest BCUT2D eigenvalue weighted by Crippen LogP contribution is 2.20. The van der Waals surface area contributed by atoms with Gasteiger partial charge in [0.2, 0.25) is 0 Å². The second-order valence-electron chi connectivity index (χ2n) is 7.93. The van der Waals surface area contributed by atoms with Gasteiger partial charge in [-0.1, -0.05) is 17.7 Å². The molecule has 0 saturated carbocycles. The molecule has 3 rings (SSSR count). The minimum atomic E-state index is 0. The molecule has 31 heavy (non-hydrogen) atoms. The van der Waals surface area contributed by atoms with Crippen LogP contribution >= 0.6 is 24.0 Å². The van der Waals surface area contributed by atoms with E-state index in [0.29, 0.717) is 12.6 Å². The monoisotopic (exact) mass is 541 g/mol. The molecule has 1 atom stereocenters. The lowest BCUT2D eigenvalue weighted by atomic mass is 10.0. The number of nitrogens with zero attached hydrogens (tertiary/aromatic N) is 5. The average Bonchev–Trinajstić information content (AvgIpc) is 3.07. The molecule has 172 valence electrons. The molecule has 1 fully saturated rings. The Morgan fingerprint density at radius 3 is 2.68 bits per heavy atom. The lowest BCUT2D eigenvalue weighted by Crippen LogP contribution is -2.51. The molecule has 9 heteroatoms. The van der Waals surface area contributed by atoms with Gasteiger partial charge in [-0.2, -0.15) is 0 Å². The first-order chi connectivity index (χ1) is 14.6. The first-order valence-electron chi connectivity index (χ1n) is 10.8. The van der Waals surface area contributed by atoms with Crippen LogP contribution in [0.2, 0.25) is 0 Å². The molecule has 2 N–H and O–H groups in total. The van der Waals surface area contributed by atoms with Crippen LogP contribution < -0.4 is 15.5 Å². The third-order valence-electron chi connectivity index (χ3n) is 5.54. The van der Waals surface area contributed by atoms with Gasteiger partial charge in [0.05, 0.1) is 0 Å². The Morgan fingerprint density at radius 1 is 1.23 bits per heavy atom. The number of hydrogen-bond donors (Lipinski definition) is 2. The number of nitrogens with one attached hydrogen (secondary N) is 2. The normalized spacial score (nSPS) is 16.7. The van der Waals surface area contributed by atoms with Crippen LogP contribution in [0.1, 0.15) is 36.5 Å². The molecule has 2 aromatic rings. The zero-order chi connectivity index (χ0) is 21.3. The number of aliphatic imine (C=N–C) groups is 1. The van der Waals surface area contributed by atoms with Gasteiger partial charge in [-0.25, -0.2) is 4.99 Å². The van der Waals surface area contributed by atoms with Crippen molar-refractivity contribution in [2.45, 2.75) is 45.7 Å². The quantitative estimate of drug-likeness (QED) is 0.232. The predicted molar refractivity (Wildman–Crippen MR) is 136 cm³/mol. The lowest BCUT2D eigenvalue weighted by molar-refractivity contribution is 0.195. The summed E-state index contributed by atoms with van der Waals surface area (Å²) in [5.74, 6) is 2.57. The van der Waals surface area contributed by atoms with E-state index in [4.69, 9.17) is 9.73 Å². The Hall–Kier alpha value is -1.88. The van der Waals surface area contributed by atoms with Crippen molar-refractivity contribution in [3.8, 4) is 0 Å². The van der Waals surface area contributed by atoms with E-state index >= 15 is 0 Å². The van der Waals surface area contributed by atoms with E-state index in [1.165, 1.54) is 11.3 Å². The number of anilines is 1. The fourth-order valence-corrected chi connectivity index (χ4v) is 3.59. The molecular formula is C22H36IN7O. The van der Waals surface area contributed by atoms with Crippen molar-refractivity contribution < 1.29 is 4.74 Å². The van der Waals surface area contributed by atoms with Crippen molar-refractivity contribution in [1.29, 1.82) is 0 Å². The van der Waals surface area contributed by atoms with Gasteiger partial charge < -0.3 is 24.8 Å². The van der Waals surface area contributed by atoms with Gasteiger partial charge in [0, 0.05) is 52.1 Å². The number of hydrogen-bond acceptors (Lipinski definition) is 5. The molecule has 1 aromatic carbocycles. The lowest BCUT2D eigenvalue weighted by Gasteiger charge is -2.35. The summed E-state index contributed by atoms with van der Waals surface area (Å²) in [5.41, 5.74) is 2.58. The summed E-state index contributed by atoms with van der Waals surface area (Å²) in [6.45, 7) is 8.16. The van der Waals surface area contributed by atoms with Crippen LogP contribution in [0.15, 0.2) is 29.3 Å². The van der Waals surface area contributed by atoms with Crippen molar-refractivity contribution in [3.63, 3.8) is 0 Å². The van der Waals surface area contributed by atoms with Crippen LogP contribution in [0.5, 0.6) is 0 Å². The van der Waals surface area contributed by atoms with Crippen LogP contribution in [0.4, 0.5) is 5.69 Å². The summed E-state index contributed by atoms with van der Waals surface area (Å²) in [7, 11) is 3.70. The van der Waals surface area contributed by atoms with Gasteiger partial charge >= 0.3 is 0 Å². The maximum atomic E-state index is 5.16. The highest BCUT2D eigenvalue weighted by Gasteiger charge is 2.21. The fourth-order valence-electron chi connectivity index (χ4n) is 3.59. The minimum Gasteiger partial charge on any atom is -0.385 e. The topological polar surface area (TPSA) is 79.6 Å². The Kier molecular flexibility index (Phi) is 10.5. The summed E-state index contributed by atoms with van der Waals surface area (Å²) >= 11 is 0. The van der Waals surface area contributed by atoms with Crippen molar-refractivity contribution in [3.05, 3.63) is 41.5 Å². The molecule has 1 unspecified atom stereocenters. The van der Waals surface area contributed by atoms with Crippen molar-refractivity contribution in [1.82, 2.24) is 25.4 Å².